The Morgan fingerprint density at radius 1 is 0.611 bits per heavy atom. The summed E-state index contributed by atoms with van der Waals surface area (Å²) in [6.07, 6.45) is 5.26. The smallest absolute Gasteiger partial charge is 0.445 e. The maximum absolute atomic E-state index is 5.57. The second-order valence-electron chi connectivity index (χ2n) is 3.26. The molecule has 0 atom stereocenters. The van der Waals surface area contributed by atoms with Crippen molar-refractivity contribution in [1.29, 1.82) is 0 Å². The van der Waals surface area contributed by atoms with Crippen LogP contribution in [0.25, 0.3) is 0 Å². The average Bonchev–Trinajstić information content (AvgIpc) is 2.40. The number of hydrogen-bond acceptors (Lipinski definition) is 3. The molecule has 96 valence electrons. The summed E-state index contributed by atoms with van der Waals surface area (Å²) in [5.41, 5.74) is 0. The van der Waals surface area contributed by atoms with Crippen molar-refractivity contribution in [2.45, 2.75) is 0 Å². The van der Waals surface area contributed by atoms with Crippen LogP contribution in [0.15, 0.2) is 36.2 Å². The van der Waals surface area contributed by atoms with Gasteiger partial charge in [-0.05, 0) is 0 Å². The van der Waals surface area contributed by atoms with Crippen LogP contribution in [0.5, 0.6) is 0 Å². The van der Waals surface area contributed by atoms with Crippen LogP contribution in [0, 0.1) is 0 Å². The highest BCUT2D eigenvalue weighted by Gasteiger charge is 2.36. The molecule has 0 N–H and O–H groups in total. The summed E-state index contributed by atoms with van der Waals surface area (Å²) < 4.78 is 16.5. The molecule has 0 amide bonds. The molecule has 18 heavy (non-hydrogen) atoms. The predicted molar refractivity (Wildman–Crippen MR) is 80.1 cm³/mol. The van der Waals surface area contributed by atoms with E-state index >= 15 is 0 Å². The van der Waals surface area contributed by atoms with Gasteiger partial charge in [0.25, 0.3) is 0 Å². The first-order valence-electron chi connectivity index (χ1n) is 5.44. The van der Waals surface area contributed by atoms with Crippen molar-refractivity contribution in [3.63, 3.8) is 0 Å². The second kappa shape index (κ2) is 10.0. The number of alkyl halides is 3. The van der Waals surface area contributed by atoms with Crippen LogP contribution in [-0.4, -0.2) is 39.0 Å². The topological polar surface area (TPSA) is 27.7 Å². The summed E-state index contributed by atoms with van der Waals surface area (Å²) in [4.78, 5) is 0. The number of hydrogen-bond donors (Lipinski definition) is 0. The third kappa shape index (κ3) is 6.37. The fraction of sp³-hybridized carbons (Fsp3) is 0.333. The molecule has 0 spiro atoms. The van der Waals surface area contributed by atoms with Gasteiger partial charge in [-0.1, -0.05) is 36.2 Å². The highest BCUT2D eigenvalue weighted by molar-refractivity contribution is 6.78. The highest BCUT2D eigenvalue weighted by Crippen LogP contribution is 2.11. The molecule has 1 heterocycles. The molecule has 1 rings (SSSR count). The van der Waals surface area contributed by atoms with Gasteiger partial charge in [0.1, 0.15) is 0 Å². The zero-order valence-corrected chi connectivity index (χ0v) is 11.9. The van der Waals surface area contributed by atoms with E-state index in [9.17, 15) is 0 Å². The molecule has 1 aliphatic rings. The Labute approximate surface area is 124 Å². The molecular weight excluding hydrogens is 295 g/mol. The molecule has 0 aromatic rings. The minimum absolute atomic E-state index is 0.397. The molecule has 0 unspecified atom stereocenters. The van der Waals surface area contributed by atoms with Gasteiger partial charge in [0, 0.05) is 17.6 Å². The molecule has 9 heteroatoms. The Hall–Kier alpha value is 0.165. The van der Waals surface area contributed by atoms with Gasteiger partial charge in [0.05, 0.1) is 0 Å². The average molecular weight is 307 g/mol. The summed E-state index contributed by atoms with van der Waals surface area (Å²) in [6, 6.07) is 0. The molecule has 1 saturated heterocycles. The van der Waals surface area contributed by atoms with Gasteiger partial charge in [-0.15, -0.1) is 34.8 Å². The maximum atomic E-state index is 5.57. The third-order valence-electron chi connectivity index (χ3n) is 1.95. The lowest BCUT2D eigenvalue weighted by molar-refractivity contribution is 0.306. The van der Waals surface area contributed by atoms with Crippen LogP contribution in [0.2, 0.25) is 0 Å². The SMILES string of the molecule is ClC/C=C/B1OB(/C=C/CCl)OB(/C=C/CCl)O1. The summed E-state index contributed by atoms with van der Waals surface area (Å²) in [5.74, 6) is 6.40. The minimum atomic E-state index is -0.507. The van der Waals surface area contributed by atoms with Crippen LogP contribution in [0.4, 0.5) is 0 Å². The lowest BCUT2D eigenvalue weighted by atomic mass is 9.69. The Morgan fingerprint density at radius 2 is 0.889 bits per heavy atom. The standard InChI is InChI=1S/C9H12B3Cl3O3/c13-7-1-4-10-16-11(5-2-8-14)18-12(17-10)6-3-9-15/h1-6H,7-9H2/b4-1+,5-2+,6-3+. The van der Waals surface area contributed by atoms with Crippen molar-refractivity contribution in [3.8, 4) is 0 Å². The van der Waals surface area contributed by atoms with Crippen LogP contribution >= 0.6 is 34.8 Å². The predicted octanol–water partition coefficient (Wildman–Crippen LogP) is 2.52. The van der Waals surface area contributed by atoms with Gasteiger partial charge >= 0.3 is 21.4 Å². The van der Waals surface area contributed by atoms with Crippen molar-refractivity contribution in [2.75, 3.05) is 17.6 Å². The van der Waals surface area contributed by atoms with Crippen molar-refractivity contribution >= 4 is 56.2 Å². The lowest BCUT2D eigenvalue weighted by Crippen LogP contribution is -2.47. The summed E-state index contributed by atoms with van der Waals surface area (Å²) in [6.45, 7) is 0. The number of allylic oxidation sites excluding steroid dienone is 3. The Morgan fingerprint density at radius 3 is 1.11 bits per heavy atom. The van der Waals surface area contributed by atoms with Crippen LogP contribution < -0.4 is 0 Å². The van der Waals surface area contributed by atoms with Gasteiger partial charge in [-0.3, -0.25) is 0 Å². The van der Waals surface area contributed by atoms with Crippen molar-refractivity contribution < 1.29 is 13.7 Å². The fourth-order valence-electron chi connectivity index (χ4n) is 1.25. The van der Waals surface area contributed by atoms with E-state index in [1.165, 1.54) is 0 Å². The first kappa shape index (κ1) is 16.2. The molecule has 1 fully saturated rings. The second-order valence-corrected chi connectivity index (χ2v) is 4.19. The summed E-state index contributed by atoms with van der Waals surface area (Å²) >= 11 is 16.7. The molecule has 0 saturated carbocycles. The zero-order chi connectivity index (χ0) is 13.2. The van der Waals surface area contributed by atoms with Gasteiger partial charge in [0.15, 0.2) is 0 Å². The summed E-state index contributed by atoms with van der Waals surface area (Å²) in [5, 5.41) is 0. The first-order chi connectivity index (χ1) is 8.80. The maximum Gasteiger partial charge on any atom is 0.458 e. The van der Waals surface area contributed by atoms with E-state index in [-0.39, 0.29) is 0 Å². The normalized spacial score (nSPS) is 17.8. The third-order valence-corrected chi connectivity index (χ3v) is 2.49. The van der Waals surface area contributed by atoms with E-state index in [1.54, 1.807) is 36.2 Å². The van der Waals surface area contributed by atoms with E-state index in [1.807, 2.05) is 0 Å². The van der Waals surface area contributed by atoms with Crippen molar-refractivity contribution in [3.05, 3.63) is 36.2 Å². The van der Waals surface area contributed by atoms with E-state index in [4.69, 9.17) is 48.5 Å². The molecular formula is C9H12B3Cl3O3. The largest absolute Gasteiger partial charge is 0.458 e. The lowest BCUT2D eigenvalue weighted by Gasteiger charge is -2.26. The highest BCUT2D eigenvalue weighted by atomic mass is 35.5. The number of halogens is 3. The zero-order valence-electron chi connectivity index (χ0n) is 9.68. The number of rotatable bonds is 6. The van der Waals surface area contributed by atoms with Crippen LogP contribution in [0.1, 0.15) is 0 Å². The molecule has 0 bridgehead atoms. The van der Waals surface area contributed by atoms with E-state index in [0.717, 1.165) is 0 Å². The first-order valence-corrected chi connectivity index (χ1v) is 7.04. The molecule has 0 aliphatic carbocycles. The minimum Gasteiger partial charge on any atom is -0.445 e. The molecule has 0 aromatic carbocycles. The van der Waals surface area contributed by atoms with Crippen LogP contribution in [0.3, 0.4) is 0 Å². The molecule has 0 radical (unpaired) electrons. The van der Waals surface area contributed by atoms with Gasteiger partial charge < -0.3 is 13.7 Å². The molecule has 1 aliphatic heterocycles. The Balaban J connectivity index is 2.62. The Bertz CT molecular complexity index is 261. The fourth-order valence-corrected chi connectivity index (χ4v) is 1.56. The van der Waals surface area contributed by atoms with E-state index in [0.29, 0.717) is 17.6 Å². The molecule has 3 nitrogen and oxygen atoms in total. The quantitative estimate of drug-likeness (QED) is 0.557. The van der Waals surface area contributed by atoms with E-state index < -0.39 is 21.4 Å². The monoisotopic (exact) mass is 306 g/mol. The summed E-state index contributed by atoms with van der Waals surface area (Å²) in [7, 11) is -1.52. The van der Waals surface area contributed by atoms with Crippen molar-refractivity contribution in [2.24, 2.45) is 0 Å². The van der Waals surface area contributed by atoms with Gasteiger partial charge in [-0.2, -0.15) is 0 Å². The van der Waals surface area contributed by atoms with Gasteiger partial charge in [-0.25, -0.2) is 0 Å². The van der Waals surface area contributed by atoms with Crippen LogP contribution in [-0.2, 0) is 13.7 Å². The Kier molecular flexibility index (Phi) is 9.02. The van der Waals surface area contributed by atoms with E-state index in [2.05, 4.69) is 0 Å². The molecule has 0 aromatic heterocycles. The van der Waals surface area contributed by atoms with Crippen molar-refractivity contribution in [1.82, 2.24) is 0 Å². The van der Waals surface area contributed by atoms with Gasteiger partial charge in [0.2, 0.25) is 0 Å².